The predicted octanol–water partition coefficient (Wildman–Crippen LogP) is 2.89. The van der Waals surface area contributed by atoms with Crippen LogP contribution in [0.25, 0.3) is 0 Å². The smallest absolute Gasteiger partial charge is 0.317 e. The summed E-state index contributed by atoms with van der Waals surface area (Å²) in [4.78, 5) is 17.0. The number of aliphatic hydroxyl groups is 1. The SMILES string of the molecule is CCCN1CCC(NC(=O)N2CCC(C(O)Cc3ccccc3)CC2)CC1. The van der Waals surface area contributed by atoms with E-state index in [2.05, 4.69) is 29.3 Å². The Kier molecular flexibility index (Phi) is 7.53. The second-order valence-corrected chi connectivity index (χ2v) is 8.15. The lowest BCUT2D eigenvalue weighted by Gasteiger charge is -2.37. The van der Waals surface area contributed by atoms with Gasteiger partial charge in [-0.15, -0.1) is 0 Å². The van der Waals surface area contributed by atoms with Crippen molar-refractivity contribution in [2.24, 2.45) is 5.92 Å². The molecule has 0 spiro atoms. The maximum absolute atomic E-state index is 12.6. The average molecular weight is 374 g/mol. The molecule has 27 heavy (non-hydrogen) atoms. The minimum absolute atomic E-state index is 0.0833. The molecular formula is C22H35N3O2. The zero-order valence-electron chi connectivity index (χ0n) is 16.6. The van der Waals surface area contributed by atoms with Crippen LogP contribution in [0.4, 0.5) is 4.79 Å². The van der Waals surface area contributed by atoms with Crippen LogP contribution in [0, 0.1) is 5.92 Å². The molecule has 2 fully saturated rings. The predicted molar refractivity (Wildman–Crippen MR) is 109 cm³/mol. The van der Waals surface area contributed by atoms with Crippen molar-refractivity contribution in [1.29, 1.82) is 0 Å². The summed E-state index contributed by atoms with van der Waals surface area (Å²) in [7, 11) is 0. The van der Waals surface area contributed by atoms with Gasteiger partial charge < -0.3 is 20.2 Å². The minimum atomic E-state index is -0.319. The standard InChI is InChI=1S/C22H35N3O2/c1-2-12-24-13-10-20(11-14-24)23-22(27)25-15-8-19(9-16-25)21(26)17-18-6-4-3-5-7-18/h3-7,19-21,26H,2,8-17H2,1H3,(H,23,27). The lowest BCUT2D eigenvalue weighted by atomic mass is 9.88. The molecule has 2 aliphatic heterocycles. The van der Waals surface area contributed by atoms with E-state index in [-0.39, 0.29) is 18.1 Å². The number of nitrogens with one attached hydrogen (secondary N) is 1. The van der Waals surface area contributed by atoms with Gasteiger partial charge in [-0.2, -0.15) is 0 Å². The summed E-state index contributed by atoms with van der Waals surface area (Å²) < 4.78 is 0. The molecule has 5 heteroatoms. The Morgan fingerprint density at radius 1 is 1.11 bits per heavy atom. The third-order valence-corrected chi connectivity index (χ3v) is 6.11. The van der Waals surface area contributed by atoms with Gasteiger partial charge in [0.2, 0.25) is 0 Å². The van der Waals surface area contributed by atoms with Crippen LogP contribution in [0.3, 0.4) is 0 Å². The fourth-order valence-corrected chi connectivity index (χ4v) is 4.39. The Morgan fingerprint density at radius 2 is 1.78 bits per heavy atom. The number of likely N-dealkylation sites (tertiary alicyclic amines) is 2. The molecule has 0 saturated carbocycles. The van der Waals surface area contributed by atoms with Crippen LogP contribution in [0.5, 0.6) is 0 Å². The first-order chi connectivity index (χ1) is 13.2. The van der Waals surface area contributed by atoms with Crippen LogP contribution < -0.4 is 5.32 Å². The Balaban J connectivity index is 1.38. The Hall–Kier alpha value is -1.59. The molecule has 0 radical (unpaired) electrons. The maximum atomic E-state index is 12.6. The normalized spacial score (nSPS) is 21.2. The number of piperidine rings is 2. The van der Waals surface area contributed by atoms with Gasteiger partial charge in [0, 0.05) is 32.2 Å². The van der Waals surface area contributed by atoms with Gasteiger partial charge >= 0.3 is 6.03 Å². The fraction of sp³-hybridized carbons (Fsp3) is 0.682. The summed E-state index contributed by atoms with van der Waals surface area (Å²) in [5, 5.41) is 13.8. The molecule has 5 nitrogen and oxygen atoms in total. The van der Waals surface area contributed by atoms with Crippen LogP contribution in [-0.2, 0) is 6.42 Å². The molecule has 2 heterocycles. The number of amides is 2. The summed E-state index contributed by atoms with van der Waals surface area (Å²) in [6.07, 6.45) is 5.46. The molecule has 0 bridgehead atoms. The number of rotatable bonds is 6. The van der Waals surface area contributed by atoms with Crippen molar-refractivity contribution in [1.82, 2.24) is 15.1 Å². The molecule has 1 atom stereocenters. The largest absolute Gasteiger partial charge is 0.392 e. The van der Waals surface area contributed by atoms with Gasteiger partial charge in [-0.1, -0.05) is 37.3 Å². The maximum Gasteiger partial charge on any atom is 0.317 e. The highest BCUT2D eigenvalue weighted by atomic mass is 16.3. The first kappa shape index (κ1) is 20.2. The highest BCUT2D eigenvalue weighted by Gasteiger charge is 2.29. The molecule has 1 unspecified atom stereocenters. The zero-order valence-corrected chi connectivity index (χ0v) is 16.6. The Labute approximate surface area is 163 Å². The summed E-state index contributed by atoms with van der Waals surface area (Å²) in [6, 6.07) is 10.6. The summed E-state index contributed by atoms with van der Waals surface area (Å²) in [6.45, 7) is 7.06. The monoisotopic (exact) mass is 373 g/mol. The van der Waals surface area contributed by atoms with Crippen LogP contribution in [0.15, 0.2) is 30.3 Å². The van der Waals surface area contributed by atoms with E-state index in [4.69, 9.17) is 0 Å². The van der Waals surface area contributed by atoms with E-state index in [1.54, 1.807) is 0 Å². The fourth-order valence-electron chi connectivity index (χ4n) is 4.39. The van der Waals surface area contributed by atoms with Crippen molar-refractivity contribution in [3.63, 3.8) is 0 Å². The summed E-state index contributed by atoms with van der Waals surface area (Å²) in [5.41, 5.74) is 1.18. The van der Waals surface area contributed by atoms with Crippen LogP contribution in [0.1, 0.15) is 44.6 Å². The molecule has 2 aliphatic rings. The highest BCUT2D eigenvalue weighted by Crippen LogP contribution is 2.23. The van der Waals surface area contributed by atoms with Gasteiger partial charge in [0.15, 0.2) is 0 Å². The first-order valence-corrected chi connectivity index (χ1v) is 10.7. The lowest BCUT2D eigenvalue weighted by Crippen LogP contribution is -2.51. The van der Waals surface area contributed by atoms with Gasteiger partial charge in [0.05, 0.1) is 6.10 Å². The van der Waals surface area contributed by atoms with Gasteiger partial charge in [-0.25, -0.2) is 4.79 Å². The molecule has 3 rings (SSSR count). The van der Waals surface area contributed by atoms with Gasteiger partial charge in [0.1, 0.15) is 0 Å². The quantitative estimate of drug-likeness (QED) is 0.806. The van der Waals surface area contributed by atoms with Crippen molar-refractivity contribution in [2.45, 2.75) is 57.6 Å². The number of nitrogens with zero attached hydrogens (tertiary/aromatic N) is 2. The zero-order chi connectivity index (χ0) is 19.1. The number of hydrogen-bond acceptors (Lipinski definition) is 3. The molecule has 0 aromatic heterocycles. The van der Waals surface area contributed by atoms with Crippen LogP contribution >= 0.6 is 0 Å². The van der Waals surface area contributed by atoms with E-state index in [0.717, 1.165) is 51.9 Å². The number of hydrogen-bond donors (Lipinski definition) is 2. The molecule has 1 aromatic rings. The van der Waals surface area contributed by atoms with Gasteiger partial charge in [-0.05, 0) is 56.6 Å². The van der Waals surface area contributed by atoms with Crippen molar-refractivity contribution in [2.75, 3.05) is 32.7 Å². The number of carbonyl (C=O) groups is 1. The van der Waals surface area contributed by atoms with Crippen molar-refractivity contribution in [3.8, 4) is 0 Å². The third-order valence-electron chi connectivity index (χ3n) is 6.11. The number of benzene rings is 1. The summed E-state index contributed by atoms with van der Waals surface area (Å²) in [5.74, 6) is 0.284. The van der Waals surface area contributed by atoms with Crippen LogP contribution in [-0.4, -0.2) is 65.8 Å². The molecule has 0 aliphatic carbocycles. The minimum Gasteiger partial charge on any atom is -0.392 e. The van der Waals surface area contributed by atoms with E-state index in [9.17, 15) is 9.90 Å². The number of carbonyl (C=O) groups excluding carboxylic acids is 1. The molecular weight excluding hydrogens is 338 g/mol. The highest BCUT2D eigenvalue weighted by molar-refractivity contribution is 5.74. The molecule has 1 aromatic carbocycles. The Morgan fingerprint density at radius 3 is 2.41 bits per heavy atom. The van der Waals surface area contributed by atoms with Gasteiger partial charge in [-0.3, -0.25) is 0 Å². The van der Waals surface area contributed by atoms with Crippen molar-refractivity contribution < 1.29 is 9.90 Å². The van der Waals surface area contributed by atoms with E-state index in [1.165, 1.54) is 18.5 Å². The third kappa shape index (κ3) is 5.94. The molecule has 2 N–H and O–H groups in total. The Bertz CT molecular complexity index is 564. The number of urea groups is 1. The van der Waals surface area contributed by atoms with E-state index >= 15 is 0 Å². The molecule has 2 amide bonds. The van der Waals surface area contributed by atoms with Crippen molar-refractivity contribution >= 4 is 6.03 Å². The summed E-state index contributed by atoms with van der Waals surface area (Å²) >= 11 is 0. The average Bonchev–Trinajstić information content (AvgIpc) is 2.70. The lowest BCUT2D eigenvalue weighted by molar-refractivity contribution is 0.0662. The van der Waals surface area contributed by atoms with Crippen molar-refractivity contribution in [3.05, 3.63) is 35.9 Å². The second-order valence-electron chi connectivity index (χ2n) is 8.15. The second kappa shape index (κ2) is 10.1. The van der Waals surface area contributed by atoms with E-state index in [0.29, 0.717) is 12.5 Å². The molecule has 2 saturated heterocycles. The first-order valence-electron chi connectivity index (χ1n) is 10.7. The molecule has 150 valence electrons. The van der Waals surface area contributed by atoms with Crippen LogP contribution in [0.2, 0.25) is 0 Å². The van der Waals surface area contributed by atoms with E-state index in [1.807, 2.05) is 23.1 Å². The number of aliphatic hydroxyl groups excluding tert-OH is 1. The van der Waals surface area contributed by atoms with Gasteiger partial charge in [0.25, 0.3) is 0 Å². The topological polar surface area (TPSA) is 55.8 Å². The van der Waals surface area contributed by atoms with E-state index < -0.39 is 0 Å².